The summed E-state index contributed by atoms with van der Waals surface area (Å²) in [5, 5.41) is 12.7. The van der Waals surface area contributed by atoms with E-state index in [1.807, 2.05) is 12.1 Å². The van der Waals surface area contributed by atoms with E-state index in [1.54, 1.807) is 0 Å². The van der Waals surface area contributed by atoms with Crippen LogP contribution in [0.4, 0.5) is 0 Å². The zero-order valence-electron chi connectivity index (χ0n) is 31.9. The minimum absolute atomic E-state index is 0.139. The van der Waals surface area contributed by atoms with Gasteiger partial charge in [0.25, 0.3) is 0 Å². The molecule has 282 valence electrons. The highest BCUT2D eigenvalue weighted by molar-refractivity contribution is 6.00. The van der Waals surface area contributed by atoms with Crippen molar-refractivity contribution >= 4 is 11.9 Å². The quantitative estimate of drug-likeness (QED) is 0.283. The van der Waals surface area contributed by atoms with E-state index in [0.29, 0.717) is 67.2 Å². The molecule has 1 saturated carbocycles. The molecule has 8 aliphatic heterocycles. The highest BCUT2D eigenvalue weighted by Gasteiger charge is 2.93. The molecular formula is C45H57N3O5. The van der Waals surface area contributed by atoms with E-state index in [-0.39, 0.29) is 35.6 Å². The third-order valence-electron chi connectivity index (χ3n) is 15.7. The topological polar surface area (TPSA) is 105 Å². The van der Waals surface area contributed by atoms with Crippen molar-refractivity contribution in [3.05, 3.63) is 81.5 Å². The van der Waals surface area contributed by atoms with Crippen molar-refractivity contribution < 1.29 is 24.2 Å². The van der Waals surface area contributed by atoms with Crippen molar-refractivity contribution in [1.29, 1.82) is 0 Å². The Balaban J connectivity index is 1.25. The van der Waals surface area contributed by atoms with Crippen molar-refractivity contribution in [3.8, 4) is 0 Å². The number of nitrogens with two attached hydrogens (primary N) is 1. The Morgan fingerprint density at radius 1 is 1.06 bits per heavy atom. The molecule has 13 rings (SSSR count). The van der Waals surface area contributed by atoms with Gasteiger partial charge in [0.2, 0.25) is 0 Å². The molecule has 12 aliphatic rings. The number of fused-ring (bicyclic) bond motifs is 2. The number of benzene rings is 1. The van der Waals surface area contributed by atoms with E-state index < -0.39 is 16.4 Å². The summed E-state index contributed by atoms with van der Waals surface area (Å²) in [5.41, 5.74) is 9.16. The maximum atomic E-state index is 15.3. The molecule has 8 heteroatoms. The molecule has 1 aromatic rings. The average Bonchev–Trinajstić information content (AvgIpc) is 3.61. The molecule has 10 bridgehead atoms. The van der Waals surface area contributed by atoms with E-state index in [0.717, 1.165) is 81.4 Å². The Morgan fingerprint density at radius 3 is 2.60 bits per heavy atom. The van der Waals surface area contributed by atoms with Crippen LogP contribution in [0.1, 0.15) is 106 Å². The minimum Gasteiger partial charge on any atom is -0.509 e. The number of hydrogen-bond acceptors (Lipinski definition) is 8. The third kappa shape index (κ3) is 4.15. The summed E-state index contributed by atoms with van der Waals surface area (Å²) in [7, 11) is 0. The number of aryl methyl sites for hydroxylation is 1. The predicted octanol–water partition coefficient (Wildman–Crippen LogP) is 7.32. The molecular weight excluding hydrogens is 663 g/mol. The van der Waals surface area contributed by atoms with E-state index in [4.69, 9.17) is 15.2 Å². The Morgan fingerprint density at radius 2 is 1.85 bits per heavy atom. The van der Waals surface area contributed by atoms with Gasteiger partial charge in [0, 0.05) is 61.7 Å². The van der Waals surface area contributed by atoms with Crippen LogP contribution in [0.2, 0.25) is 0 Å². The number of nitrogens with zero attached hydrogens (tertiary/aromatic N) is 2. The number of carbonyl (C=O) groups excluding carboxylic acids is 2. The van der Waals surface area contributed by atoms with Gasteiger partial charge in [0.05, 0.1) is 11.0 Å². The molecule has 1 aromatic carbocycles. The maximum absolute atomic E-state index is 15.3. The molecule has 53 heavy (non-hydrogen) atoms. The first kappa shape index (κ1) is 34.2. The third-order valence-corrected chi connectivity index (χ3v) is 15.7. The largest absolute Gasteiger partial charge is 0.509 e. The number of rotatable bonds is 7. The van der Waals surface area contributed by atoms with Crippen molar-refractivity contribution in [2.75, 3.05) is 32.7 Å². The summed E-state index contributed by atoms with van der Waals surface area (Å²) in [6.45, 7) is 11.5. The molecule has 0 radical (unpaired) electrons. The molecule has 4 fully saturated rings. The van der Waals surface area contributed by atoms with Gasteiger partial charge in [-0.2, -0.15) is 0 Å². The van der Waals surface area contributed by atoms with Gasteiger partial charge in [-0.25, -0.2) is 4.79 Å². The molecule has 8 heterocycles. The van der Waals surface area contributed by atoms with Crippen molar-refractivity contribution in [2.45, 2.75) is 103 Å². The summed E-state index contributed by atoms with van der Waals surface area (Å²) in [4.78, 5) is 35.2. The smallest absolute Gasteiger partial charge is 0.339 e. The summed E-state index contributed by atoms with van der Waals surface area (Å²) < 4.78 is 13.6. The first-order chi connectivity index (χ1) is 25.7. The van der Waals surface area contributed by atoms with E-state index in [9.17, 15) is 9.90 Å². The molecule has 2 spiro atoms. The Kier molecular flexibility index (Phi) is 7.78. The summed E-state index contributed by atoms with van der Waals surface area (Å²) in [6, 6.07) is 6.29. The second-order valence-corrected chi connectivity index (χ2v) is 18.2. The summed E-state index contributed by atoms with van der Waals surface area (Å²) >= 11 is 0. The van der Waals surface area contributed by atoms with Crippen LogP contribution in [0.25, 0.3) is 0 Å². The van der Waals surface area contributed by atoms with Crippen LogP contribution >= 0.6 is 0 Å². The standard InChI is InChI=1S/C45H57N3O5/c1-4-8-30-21-36(49)40-43-18-17-32-33(15-14-31-26(3)13-16-35(39(31)32)48-24-27-20-28(25-48)23-47(30)22-27)44(43,42(51)52-40)37(9-5-2)45(43)34-12-6-10-29(11-7-19-46)38(34)41(50)53-45/h6,10,12,14-16,26-28,30-31,37,39,49H,4-5,7-9,11,13,17-25,46H2,1-3H3/b40-36-/t26-,27-,28+,30+,31-,37+,39-,43-,44+,45-/m1/s1. The lowest BCUT2D eigenvalue weighted by molar-refractivity contribution is -0.275. The first-order valence-electron chi connectivity index (χ1n) is 21.1. The molecule has 4 aliphatic carbocycles. The average molecular weight is 720 g/mol. The van der Waals surface area contributed by atoms with Gasteiger partial charge in [0.15, 0.2) is 11.4 Å². The Bertz CT molecular complexity index is 1880. The normalized spacial score (nSPS) is 42.9. The number of aliphatic hydroxyl groups is 1. The van der Waals surface area contributed by atoms with Crippen LogP contribution in [-0.4, -0.2) is 65.6 Å². The monoisotopic (exact) mass is 719 g/mol. The number of aliphatic hydroxyl groups excluding tert-OH is 1. The van der Waals surface area contributed by atoms with Gasteiger partial charge in [-0.15, -0.1) is 0 Å². The molecule has 8 nitrogen and oxygen atoms in total. The van der Waals surface area contributed by atoms with Crippen LogP contribution in [0.15, 0.2) is 64.8 Å². The molecule has 0 aromatic heterocycles. The van der Waals surface area contributed by atoms with Gasteiger partial charge in [-0.05, 0) is 92.7 Å². The van der Waals surface area contributed by atoms with Crippen LogP contribution in [0.5, 0.6) is 0 Å². The molecule has 0 amide bonds. The van der Waals surface area contributed by atoms with Crippen molar-refractivity contribution in [3.63, 3.8) is 0 Å². The van der Waals surface area contributed by atoms with Gasteiger partial charge < -0.3 is 25.2 Å². The van der Waals surface area contributed by atoms with E-state index in [1.165, 1.54) is 17.7 Å². The first-order valence-corrected chi connectivity index (χ1v) is 21.1. The van der Waals surface area contributed by atoms with Crippen LogP contribution in [0, 0.1) is 46.3 Å². The van der Waals surface area contributed by atoms with E-state index >= 15 is 4.79 Å². The van der Waals surface area contributed by atoms with Gasteiger partial charge >= 0.3 is 11.9 Å². The van der Waals surface area contributed by atoms with Crippen LogP contribution in [-0.2, 0) is 26.3 Å². The lowest BCUT2D eigenvalue weighted by atomic mass is 9.29. The van der Waals surface area contributed by atoms with Gasteiger partial charge in [0.1, 0.15) is 11.2 Å². The van der Waals surface area contributed by atoms with Gasteiger partial charge in [-0.1, -0.05) is 75.6 Å². The Hall–Kier alpha value is -3.36. The number of allylic oxidation sites excluding steroid dienone is 4. The summed E-state index contributed by atoms with van der Waals surface area (Å²) in [5.74, 6) is 1.92. The highest BCUT2D eigenvalue weighted by atomic mass is 16.6. The highest BCUT2D eigenvalue weighted by Crippen LogP contribution is 2.87. The van der Waals surface area contributed by atoms with E-state index in [2.05, 4.69) is 54.9 Å². The molecule has 1 unspecified atom stereocenters. The number of piperidine rings is 2. The molecule has 11 atom stereocenters. The molecule has 3 N–H and O–H groups in total. The van der Waals surface area contributed by atoms with Crippen molar-refractivity contribution in [2.24, 2.45) is 52.1 Å². The summed E-state index contributed by atoms with van der Waals surface area (Å²) in [6.07, 6.45) is 16.4. The fourth-order valence-corrected chi connectivity index (χ4v) is 14.1. The van der Waals surface area contributed by atoms with Crippen LogP contribution < -0.4 is 5.73 Å². The SMILES string of the molecule is CCC[C@H]1C/C(O)=C2/OC(=O)[C@@]34C5=C(CC[C@@]23[C@]2(OC(=O)c3c(CCCN)cccc32)[C@H]4CCC)[C@@H]2C(=CC[C@@H](C)[C@H]2C=C5)N2C[C@H]3C[C@@H](C2)CN1C3. The zero-order valence-corrected chi connectivity index (χ0v) is 31.9. The number of ether oxygens (including phenoxy) is 2. The number of carbonyl (C=O) groups is 2. The lowest BCUT2D eigenvalue weighted by Crippen LogP contribution is -2.77. The van der Waals surface area contributed by atoms with Crippen LogP contribution in [0.3, 0.4) is 0 Å². The Labute approximate surface area is 314 Å². The second-order valence-electron chi connectivity index (χ2n) is 18.2. The molecule has 3 saturated heterocycles. The fraction of sp³-hybridized carbons (Fsp3) is 0.644. The predicted molar refractivity (Wildman–Crippen MR) is 202 cm³/mol. The zero-order chi connectivity index (χ0) is 36.4. The number of esters is 2. The second kappa shape index (κ2) is 12.1. The van der Waals surface area contributed by atoms with Crippen molar-refractivity contribution in [1.82, 2.24) is 9.80 Å². The minimum atomic E-state index is -1.12. The lowest BCUT2D eigenvalue weighted by Gasteiger charge is -2.71. The maximum Gasteiger partial charge on any atom is 0.339 e. The van der Waals surface area contributed by atoms with Gasteiger partial charge in [-0.3, -0.25) is 9.69 Å². The number of hydrogen-bond donors (Lipinski definition) is 2. The fourth-order valence-electron chi connectivity index (χ4n) is 14.1.